The Hall–Kier alpha value is -0.300. The third-order valence-corrected chi connectivity index (χ3v) is 1.68. The maximum atomic E-state index is 5.59. The molecule has 0 heterocycles. The normalized spacial score (nSPS) is 13.2. The fourth-order valence-corrected chi connectivity index (χ4v) is 1.11. The van der Waals surface area contributed by atoms with E-state index in [1.165, 1.54) is 5.57 Å². The molecular weight excluding hydrogens is 148 g/mol. The monoisotopic (exact) mass is 170 g/mol. The van der Waals surface area contributed by atoms with Gasteiger partial charge in [-0.15, -0.1) is 0 Å². The Labute approximate surface area is 76.8 Å². The van der Waals surface area contributed by atoms with Crippen molar-refractivity contribution < 1.29 is 4.74 Å². The number of ether oxygens (including phenoxy) is 1. The average molecular weight is 170 g/mol. The molecule has 0 bridgehead atoms. The third-order valence-electron chi connectivity index (χ3n) is 1.68. The first-order chi connectivity index (χ1) is 5.52. The van der Waals surface area contributed by atoms with Crippen LogP contribution in [0.5, 0.6) is 0 Å². The quantitative estimate of drug-likeness (QED) is 0.575. The van der Waals surface area contributed by atoms with Gasteiger partial charge in [-0.2, -0.15) is 0 Å². The molecule has 0 aromatic heterocycles. The van der Waals surface area contributed by atoms with Crippen molar-refractivity contribution in [1.29, 1.82) is 0 Å². The lowest BCUT2D eigenvalue weighted by atomic mass is 10.1. The van der Waals surface area contributed by atoms with Crippen LogP contribution in [0.4, 0.5) is 0 Å². The van der Waals surface area contributed by atoms with E-state index >= 15 is 0 Å². The molecule has 0 radical (unpaired) electrons. The van der Waals surface area contributed by atoms with Gasteiger partial charge in [0.05, 0.1) is 12.7 Å². The van der Waals surface area contributed by atoms with Gasteiger partial charge in [0.15, 0.2) is 0 Å². The number of hydrogen-bond acceptors (Lipinski definition) is 1. The molecular formula is C11H22O. The van der Waals surface area contributed by atoms with E-state index in [1.54, 1.807) is 0 Å². The van der Waals surface area contributed by atoms with Gasteiger partial charge in [-0.1, -0.05) is 25.5 Å². The van der Waals surface area contributed by atoms with Crippen LogP contribution >= 0.6 is 0 Å². The minimum Gasteiger partial charge on any atom is -0.374 e. The topological polar surface area (TPSA) is 9.23 Å². The first-order valence-electron chi connectivity index (χ1n) is 4.77. The highest BCUT2D eigenvalue weighted by Gasteiger charge is 2.03. The van der Waals surface area contributed by atoms with Gasteiger partial charge in [-0.25, -0.2) is 0 Å². The Bertz CT molecular complexity index is 132. The average Bonchev–Trinajstić information content (AvgIpc) is 1.84. The maximum Gasteiger partial charge on any atom is 0.0653 e. The highest BCUT2D eigenvalue weighted by atomic mass is 16.5. The molecule has 0 saturated carbocycles. The van der Waals surface area contributed by atoms with E-state index in [4.69, 9.17) is 4.74 Å². The van der Waals surface area contributed by atoms with E-state index in [2.05, 4.69) is 40.7 Å². The van der Waals surface area contributed by atoms with Crippen LogP contribution in [0.2, 0.25) is 0 Å². The molecule has 0 aromatic carbocycles. The van der Waals surface area contributed by atoms with E-state index in [9.17, 15) is 0 Å². The summed E-state index contributed by atoms with van der Waals surface area (Å²) in [7, 11) is 0. The predicted octanol–water partition coefficient (Wildman–Crippen LogP) is 3.40. The fraction of sp³-hybridized carbons (Fsp3) is 0.818. The SMILES string of the molecule is CC(C)=CCOC(C)CC(C)C. The van der Waals surface area contributed by atoms with Crippen LogP contribution in [-0.2, 0) is 4.74 Å². The van der Waals surface area contributed by atoms with E-state index < -0.39 is 0 Å². The zero-order valence-corrected chi connectivity index (χ0v) is 9.05. The smallest absolute Gasteiger partial charge is 0.0653 e. The lowest BCUT2D eigenvalue weighted by Gasteiger charge is -2.13. The summed E-state index contributed by atoms with van der Waals surface area (Å²) < 4.78 is 5.59. The molecule has 1 nitrogen and oxygen atoms in total. The second-order valence-corrected chi connectivity index (χ2v) is 4.05. The largest absolute Gasteiger partial charge is 0.374 e. The van der Waals surface area contributed by atoms with Gasteiger partial charge in [0.1, 0.15) is 0 Å². The predicted molar refractivity (Wildman–Crippen MR) is 54.3 cm³/mol. The van der Waals surface area contributed by atoms with E-state index in [0.29, 0.717) is 6.10 Å². The molecule has 0 spiro atoms. The second kappa shape index (κ2) is 6.24. The van der Waals surface area contributed by atoms with Gasteiger partial charge in [0, 0.05) is 0 Å². The van der Waals surface area contributed by atoms with Gasteiger partial charge < -0.3 is 4.74 Å². The first-order valence-corrected chi connectivity index (χ1v) is 4.77. The zero-order chi connectivity index (χ0) is 9.56. The molecule has 0 aliphatic rings. The minimum atomic E-state index is 0.389. The molecule has 1 unspecified atom stereocenters. The van der Waals surface area contributed by atoms with E-state index in [-0.39, 0.29) is 0 Å². The van der Waals surface area contributed by atoms with Crippen LogP contribution < -0.4 is 0 Å². The summed E-state index contributed by atoms with van der Waals surface area (Å²) in [5.41, 5.74) is 1.33. The van der Waals surface area contributed by atoms with Crippen molar-refractivity contribution in [2.45, 2.75) is 47.1 Å². The molecule has 0 rings (SSSR count). The van der Waals surface area contributed by atoms with Crippen molar-refractivity contribution in [1.82, 2.24) is 0 Å². The van der Waals surface area contributed by atoms with Crippen LogP contribution in [0.1, 0.15) is 41.0 Å². The van der Waals surface area contributed by atoms with Crippen molar-refractivity contribution in [3.63, 3.8) is 0 Å². The van der Waals surface area contributed by atoms with Gasteiger partial charge in [-0.3, -0.25) is 0 Å². The molecule has 0 fully saturated rings. The Morgan fingerprint density at radius 1 is 1.25 bits per heavy atom. The lowest BCUT2D eigenvalue weighted by Crippen LogP contribution is -2.11. The summed E-state index contributed by atoms with van der Waals surface area (Å²) in [6, 6.07) is 0. The molecule has 0 aliphatic carbocycles. The molecule has 0 aliphatic heterocycles. The number of hydrogen-bond donors (Lipinski definition) is 0. The summed E-state index contributed by atoms with van der Waals surface area (Å²) in [4.78, 5) is 0. The Morgan fingerprint density at radius 2 is 1.83 bits per heavy atom. The molecule has 12 heavy (non-hydrogen) atoms. The van der Waals surface area contributed by atoms with Crippen LogP contribution in [0, 0.1) is 5.92 Å². The van der Waals surface area contributed by atoms with Crippen LogP contribution in [0.3, 0.4) is 0 Å². The summed E-state index contributed by atoms with van der Waals surface area (Å²) in [5.74, 6) is 0.728. The highest BCUT2D eigenvalue weighted by Crippen LogP contribution is 2.07. The fourth-order valence-electron chi connectivity index (χ4n) is 1.11. The molecule has 0 saturated heterocycles. The van der Waals surface area contributed by atoms with E-state index in [0.717, 1.165) is 18.9 Å². The zero-order valence-electron chi connectivity index (χ0n) is 9.05. The van der Waals surface area contributed by atoms with Gasteiger partial charge >= 0.3 is 0 Å². The van der Waals surface area contributed by atoms with Gasteiger partial charge in [0.2, 0.25) is 0 Å². The summed E-state index contributed by atoms with van der Waals surface area (Å²) >= 11 is 0. The Morgan fingerprint density at radius 3 is 2.25 bits per heavy atom. The molecule has 0 amide bonds. The number of allylic oxidation sites excluding steroid dienone is 1. The highest BCUT2D eigenvalue weighted by molar-refractivity contribution is 4.92. The summed E-state index contributed by atoms with van der Waals surface area (Å²) in [6.07, 6.45) is 3.66. The first kappa shape index (κ1) is 11.7. The van der Waals surface area contributed by atoms with Crippen LogP contribution in [0.25, 0.3) is 0 Å². The van der Waals surface area contributed by atoms with Gasteiger partial charge in [-0.05, 0) is 33.1 Å². The Balaban J connectivity index is 3.44. The summed E-state index contributed by atoms with van der Waals surface area (Å²) in [6.45, 7) is 11.5. The molecule has 0 N–H and O–H groups in total. The lowest BCUT2D eigenvalue weighted by molar-refractivity contribution is 0.0722. The Kier molecular flexibility index (Phi) is 6.09. The van der Waals surface area contributed by atoms with Crippen molar-refractivity contribution in [3.8, 4) is 0 Å². The molecule has 72 valence electrons. The minimum absolute atomic E-state index is 0.389. The van der Waals surface area contributed by atoms with Gasteiger partial charge in [0.25, 0.3) is 0 Å². The summed E-state index contributed by atoms with van der Waals surface area (Å²) in [5, 5.41) is 0. The van der Waals surface area contributed by atoms with Crippen molar-refractivity contribution in [3.05, 3.63) is 11.6 Å². The van der Waals surface area contributed by atoms with Crippen LogP contribution in [-0.4, -0.2) is 12.7 Å². The maximum absolute atomic E-state index is 5.59. The molecule has 1 atom stereocenters. The standard InChI is InChI=1S/C11H22O/c1-9(2)6-7-12-11(5)8-10(3)4/h6,10-11H,7-8H2,1-5H3. The molecule has 1 heteroatoms. The van der Waals surface area contributed by atoms with Crippen molar-refractivity contribution >= 4 is 0 Å². The van der Waals surface area contributed by atoms with Crippen molar-refractivity contribution in [2.24, 2.45) is 5.92 Å². The van der Waals surface area contributed by atoms with Crippen LogP contribution in [0.15, 0.2) is 11.6 Å². The third kappa shape index (κ3) is 7.80. The second-order valence-electron chi connectivity index (χ2n) is 4.05. The number of rotatable bonds is 5. The van der Waals surface area contributed by atoms with Crippen molar-refractivity contribution in [2.75, 3.05) is 6.61 Å². The molecule has 0 aromatic rings. The van der Waals surface area contributed by atoms with E-state index in [1.807, 2.05) is 0 Å².